The van der Waals surface area contributed by atoms with Crippen LogP contribution in [0.2, 0.25) is 0 Å². The quantitative estimate of drug-likeness (QED) is 0.141. The summed E-state index contributed by atoms with van der Waals surface area (Å²) in [5.41, 5.74) is 19.6. The first-order chi connectivity index (χ1) is 32.1. The fraction of sp³-hybridized carbons (Fsp3) is 0.0794. The predicted molar refractivity (Wildman–Crippen MR) is 276 cm³/mol. The summed E-state index contributed by atoms with van der Waals surface area (Å²) in [6.45, 7) is 4.75. The Morgan fingerprint density at radius 3 is 1.51 bits per heavy atom. The van der Waals surface area contributed by atoms with Crippen molar-refractivity contribution in [2.75, 3.05) is 4.90 Å². The maximum atomic E-state index is 2.51. The van der Waals surface area contributed by atoms with Crippen LogP contribution in [-0.2, 0) is 5.41 Å². The van der Waals surface area contributed by atoms with Crippen molar-refractivity contribution in [2.45, 2.75) is 32.1 Å². The van der Waals surface area contributed by atoms with E-state index in [0.717, 1.165) is 29.9 Å². The van der Waals surface area contributed by atoms with Gasteiger partial charge in [-0.2, -0.15) is 0 Å². The number of benzene rings is 10. The highest BCUT2D eigenvalue weighted by Gasteiger charge is 2.41. The van der Waals surface area contributed by atoms with E-state index in [0.29, 0.717) is 0 Å². The zero-order valence-corrected chi connectivity index (χ0v) is 36.7. The number of anilines is 3. The van der Waals surface area contributed by atoms with Gasteiger partial charge in [0.15, 0.2) is 0 Å². The second kappa shape index (κ2) is 15.7. The third kappa shape index (κ3) is 6.24. The van der Waals surface area contributed by atoms with Crippen LogP contribution in [0, 0.1) is 0 Å². The number of hydrogen-bond acceptors (Lipinski definition) is 1. The Labute approximate surface area is 381 Å². The van der Waals surface area contributed by atoms with Gasteiger partial charge in [-0.25, -0.2) is 0 Å². The van der Waals surface area contributed by atoms with Gasteiger partial charge in [-0.15, -0.1) is 0 Å². The first-order valence-electron chi connectivity index (χ1n) is 23.0. The number of hydrogen-bond donors (Lipinski definition) is 0. The normalized spacial score (nSPS) is 12.7. The Hall–Kier alpha value is -7.94. The van der Waals surface area contributed by atoms with Crippen LogP contribution in [-0.4, -0.2) is 4.57 Å². The molecule has 0 amide bonds. The third-order valence-electron chi connectivity index (χ3n) is 14.3. The first kappa shape index (κ1) is 38.7. The smallest absolute Gasteiger partial charge is 0.0541 e. The molecular weight excluding hydrogens is 785 g/mol. The topological polar surface area (TPSA) is 8.17 Å². The van der Waals surface area contributed by atoms with Crippen molar-refractivity contribution >= 4 is 49.6 Å². The zero-order valence-electron chi connectivity index (χ0n) is 36.7. The van der Waals surface area contributed by atoms with Crippen molar-refractivity contribution in [1.82, 2.24) is 4.57 Å². The fourth-order valence-electron chi connectivity index (χ4n) is 11.1. The molecule has 1 aromatic heterocycles. The monoisotopic (exact) mass is 832 g/mol. The van der Waals surface area contributed by atoms with Crippen LogP contribution >= 0.6 is 0 Å². The van der Waals surface area contributed by atoms with Gasteiger partial charge in [0.1, 0.15) is 0 Å². The Kier molecular flexibility index (Phi) is 9.35. The Morgan fingerprint density at radius 2 is 0.831 bits per heavy atom. The van der Waals surface area contributed by atoms with E-state index in [9.17, 15) is 0 Å². The number of para-hydroxylation sites is 2. The fourth-order valence-corrected chi connectivity index (χ4v) is 11.1. The molecule has 0 saturated heterocycles. The van der Waals surface area contributed by atoms with Gasteiger partial charge in [-0.05, 0) is 140 Å². The molecule has 310 valence electrons. The molecule has 10 aromatic carbocycles. The van der Waals surface area contributed by atoms with Crippen LogP contribution in [0.1, 0.15) is 37.8 Å². The van der Waals surface area contributed by atoms with E-state index >= 15 is 0 Å². The van der Waals surface area contributed by atoms with Gasteiger partial charge in [-0.1, -0.05) is 184 Å². The molecule has 0 atom stereocenters. The summed E-state index contributed by atoms with van der Waals surface area (Å²) in [4.78, 5) is 2.48. The summed E-state index contributed by atoms with van der Waals surface area (Å²) in [6, 6.07) is 85.2. The molecule has 0 bridgehead atoms. The summed E-state index contributed by atoms with van der Waals surface area (Å²) in [5.74, 6) is 0. The third-order valence-corrected chi connectivity index (χ3v) is 14.3. The van der Waals surface area contributed by atoms with Crippen molar-refractivity contribution in [3.05, 3.63) is 242 Å². The molecule has 0 radical (unpaired) electrons. The van der Waals surface area contributed by atoms with E-state index < -0.39 is 0 Å². The average molecular weight is 833 g/mol. The van der Waals surface area contributed by atoms with E-state index in [2.05, 4.69) is 254 Å². The lowest BCUT2D eigenvalue weighted by atomic mass is 9.73. The molecule has 1 aliphatic rings. The lowest BCUT2D eigenvalue weighted by Crippen LogP contribution is -2.23. The second-order valence-corrected chi connectivity index (χ2v) is 17.5. The van der Waals surface area contributed by atoms with Gasteiger partial charge in [0.25, 0.3) is 0 Å². The number of fused-ring (bicyclic) bond motifs is 7. The number of nitrogens with zero attached hydrogens (tertiary/aromatic N) is 2. The molecule has 0 N–H and O–H groups in total. The number of rotatable bonds is 9. The Balaban J connectivity index is 1.03. The standard InChI is InChI=1S/C63H48N2/c1-3-63(4-2)59-41-49(35-37-55(59)56-38-36-50(42-60(56)63)65-61-33-14-12-30-57(61)58-31-13-15-34-62(58)65)64(48-26-17-24-46(40-48)54-32-18-22-44-21-8-9-27-52(44)54)47-25-16-23-45(39-47)53-29-11-10-28-51(53)43-19-6-5-7-20-43/h5-42H,3-4H2,1-2H3. The zero-order chi connectivity index (χ0) is 43.5. The molecule has 0 aliphatic heterocycles. The van der Waals surface area contributed by atoms with Gasteiger partial charge < -0.3 is 9.47 Å². The van der Waals surface area contributed by atoms with E-state index in [1.54, 1.807) is 0 Å². The van der Waals surface area contributed by atoms with Crippen LogP contribution in [0.4, 0.5) is 17.1 Å². The average Bonchev–Trinajstić information content (AvgIpc) is 3.86. The van der Waals surface area contributed by atoms with E-state index in [4.69, 9.17) is 0 Å². The van der Waals surface area contributed by atoms with Gasteiger partial charge in [0.05, 0.1) is 11.0 Å². The van der Waals surface area contributed by atoms with Crippen molar-refractivity contribution < 1.29 is 0 Å². The molecule has 0 fully saturated rings. The molecule has 0 saturated carbocycles. The molecule has 2 nitrogen and oxygen atoms in total. The summed E-state index contributed by atoms with van der Waals surface area (Å²) in [6.07, 6.45) is 1.98. The van der Waals surface area contributed by atoms with Crippen LogP contribution in [0.3, 0.4) is 0 Å². The summed E-state index contributed by atoms with van der Waals surface area (Å²) in [5, 5.41) is 5.06. The van der Waals surface area contributed by atoms with Crippen molar-refractivity contribution in [1.29, 1.82) is 0 Å². The summed E-state index contributed by atoms with van der Waals surface area (Å²) in [7, 11) is 0. The first-order valence-corrected chi connectivity index (χ1v) is 23.0. The highest BCUT2D eigenvalue weighted by molar-refractivity contribution is 6.09. The largest absolute Gasteiger partial charge is 0.310 e. The van der Waals surface area contributed by atoms with Gasteiger partial charge in [0.2, 0.25) is 0 Å². The Bertz CT molecular complexity index is 3530. The molecule has 2 heteroatoms. The Morgan fingerprint density at radius 1 is 0.354 bits per heavy atom. The molecule has 65 heavy (non-hydrogen) atoms. The van der Waals surface area contributed by atoms with Gasteiger partial charge >= 0.3 is 0 Å². The van der Waals surface area contributed by atoms with E-state index in [1.165, 1.54) is 93.9 Å². The summed E-state index contributed by atoms with van der Waals surface area (Å²) >= 11 is 0. The van der Waals surface area contributed by atoms with Crippen molar-refractivity contribution in [3.8, 4) is 50.2 Å². The van der Waals surface area contributed by atoms with Crippen LogP contribution in [0.25, 0.3) is 82.8 Å². The van der Waals surface area contributed by atoms with Crippen LogP contribution in [0.15, 0.2) is 231 Å². The molecule has 1 aliphatic carbocycles. The SMILES string of the molecule is CCC1(CC)c2cc(N(c3cccc(-c4ccccc4-c4ccccc4)c3)c3cccc(-c4cccc5ccccc45)c3)ccc2-c2ccc(-n3c4ccccc4c4ccccc43)cc21. The van der Waals surface area contributed by atoms with Crippen molar-refractivity contribution in [2.24, 2.45) is 0 Å². The van der Waals surface area contributed by atoms with E-state index in [1.807, 2.05) is 0 Å². The molecule has 11 aromatic rings. The van der Waals surface area contributed by atoms with Gasteiger partial charge in [-0.3, -0.25) is 0 Å². The summed E-state index contributed by atoms with van der Waals surface area (Å²) < 4.78 is 2.46. The second-order valence-electron chi connectivity index (χ2n) is 17.5. The lowest BCUT2D eigenvalue weighted by Gasteiger charge is -2.32. The molecule has 0 spiro atoms. The van der Waals surface area contributed by atoms with Gasteiger partial charge in [0, 0.05) is 38.9 Å². The minimum Gasteiger partial charge on any atom is -0.310 e. The highest BCUT2D eigenvalue weighted by Crippen LogP contribution is 2.55. The van der Waals surface area contributed by atoms with Crippen LogP contribution in [0.5, 0.6) is 0 Å². The minimum atomic E-state index is -0.164. The maximum Gasteiger partial charge on any atom is 0.0541 e. The van der Waals surface area contributed by atoms with Crippen LogP contribution < -0.4 is 4.90 Å². The highest BCUT2D eigenvalue weighted by atomic mass is 15.1. The lowest BCUT2D eigenvalue weighted by molar-refractivity contribution is 0.490. The number of aromatic nitrogens is 1. The molecule has 0 unspecified atom stereocenters. The minimum absolute atomic E-state index is 0.164. The molecule has 1 heterocycles. The van der Waals surface area contributed by atoms with E-state index in [-0.39, 0.29) is 5.41 Å². The molecule has 12 rings (SSSR count). The predicted octanol–water partition coefficient (Wildman–Crippen LogP) is 17.5. The molecular formula is C63H48N2. The van der Waals surface area contributed by atoms with Crippen molar-refractivity contribution in [3.63, 3.8) is 0 Å². The maximum absolute atomic E-state index is 2.51.